The molecule has 1 aromatic carbocycles. The van der Waals surface area contributed by atoms with Crippen LogP contribution in [-0.2, 0) is 9.47 Å². The van der Waals surface area contributed by atoms with Crippen molar-refractivity contribution < 1.29 is 18.3 Å². The Morgan fingerprint density at radius 2 is 2.06 bits per heavy atom. The fourth-order valence-corrected chi connectivity index (χ4v) is 2.06. The zero-order chi connectivity index (χ0) is 12.4. The second kappa shape index (κ2) is 5.29. The summed E-state index contributed by atoms with van der Waals surface area (Å²) in [5.41, 5.74) is 0.376. The van der Waals surface area contributed by atoms with Gasteiger partial charge in [0.25, 0.3) is 0 Å². The third-order valence-electron chi connectivity index (χ3n) is 2.74. The number of benzene rings is 1. The molecule has 0 amide bonds. The second-order valence-corrected chi connectivity index (χ2v) is 4.48. The Labute approximate surface area is 103 Å². The fourth-order valence-electron chi connectivity index (χ4n) is 1.75. The summed E-state index contributed by atoms with van der Waals surface area (Å²) >= 11 is 6.10. The van der Waals surface area contributed by atoms with Crippen LogP contribution in [0.2, 0.25) is 0 Å². The molecule has 1 saturated heterocycles. The van der Waals surface area contributed by atoms with Gasteiger partial charge in [0.05, 0.1) is 25.2 Å². The third kappa shape index (κ3) is 2.76. The van der Waals surface area contributed by atoms with Crippen molar-refractivity contribution in [1.82, 2.24) is 0 Å². The lowest BCUT2D eigenvalue weighted by molar-refractivity contribution is -0.0895. The first-order valence-electron chi connectivity index (χ1n) is 5.38. The van der Waals surface area contributed by atoms with Gasteiger partial charge < -0.3 is 9.47 Å². The molecule has 0 spiro atoms. The minimum atomic E-state index is -0.745. The number of hydrogen-bond acceptors (Lipinski definition) is 2. The standard InChI is InChI=1S/C12H13ClF2O2/c1-7-4-10(15)8(5-9(7)14)12(13)11-6-16-2-3-17-11/h4-5,11-12H,2-3,6H2,1H3. The molecule has 17 heavy (non-hydrogen) atoms. The molecule has 0 saturated carbocycles. The van der Waals surface area contributed by atoms with Crippen LogP contribution in [0.3, 0.4) is 0 Å². The van der Waals surface area contributed by atoms with Crippen LogP contribution in [0.1, 0.15) is 16.5 Å². The van der Waals surface area contributed by atoms with Crippen LogP contribution in [0.5, 0.6) is 0 Å². The number of hydrogen-bond donors (Lipinski definition) is 0. The lowest BCUT2D eigenvalue weighted by Gasteiger charge is -2.27. The zero-order valence-electron chi connectivity index (χ0n) is 9.38. The van der Waals surface area contributed by atoms with Gasteiger partial charge in [0.15, 0.2) is 0 Å². The molecule has 5 heteroatoms. The first-order chi connectivity index (χ1) is 8.09. The van der Waals surface area contributed by atoms with Gasteiger partial charge >= 0.3 is 0 Å². The van der Waals surface area contributed by atoms with Gasteiger partial charge in [-0.2, -0.15) is 0 Å². The van der Waals surface area contributed by atoms with E-state index in [2.05, 4.69) is 0 Å². The van der Waals surface area contributed by atoms with Crippen molar-refractivity contribution in [2.75, 3.05) is 19.8 Å². The summed E-state index contributed by atoms with van der Waals surface area (Å²) in [6.07, 6.45) is -0.443. The molecule has 2 nitrogen and oxygen atoms in total. The lowest BCUT2D eigenvalue weighted by atomic mass is 10.0. The van der Waals surface area contributed by atoms with E-state index in [-0.39, 0.29) is 11.1 Å². The van der Waals surface area contributed by atoms with Gasteiger partial charge in [-0.05, 0) is 24.6 Å². The highest BCUT2D eigenvalue weighted by Gasteiger charge is 2.27. The van der Waals surface area contributed by atoms with Crippen molar-refractivity contribution in [2.45, 2.75) is 18.4 Å². The molecule has 2 atom stereocenters. The second-order valence-electron chi connectivity index (χ2n) is 4.01. The van der Waals surface area contributed by atoms with E-state index in [1.807, 2.05) is 0 Å². The van der Waals surface area contributed by atoms with E-state index in [0.29, 0.717) is 19.8 Å². The molecule has 94 valence electrons. The van der Waals surface area contributed by atoms with Crippen molar-refractivity contribution in [3.05, 3.63) is 34.9 Å². The maximum atomic E-state index is 13.7. The minimum Gasteiger partial charge on any atom is -0.376 e. The van der Waals surface area contributed by atoms with E-state index < -0.39 is 23.1 Å². The molecule has 0 aliphatic carbocycles. The van der Waals surface area contributed by atoms with Crippen LogP contribution < -0.4 is 0 Å². The monoisotopic (exact) mass is 262 g/mol. The molecule has 1 heterocycles. The number of rotatable bonds is 2. The topological polar surface area (TPSA) is 18.5 Å². The van der Waals surface area contributed by atoms with E-state index in [0.717, 1.165) is 12.1 Å². The van der Waals surface area contributed by atoms with Gasteiger partial charge in [-0.1, -0.05) is 0 Å². The van der Waals surface area contributed by atoms with Gasteiger partial charge in [0.2, 0.25) is 0 Å². The summed E-state index contributed by atoms with van der Waals surface area (Å²) in [7, 11) is 0. The summed E-state index contributed by atoms with van der Waals surface area (Å²) < 4.78 is 37.6. The van der Waals surface area contributed by atoms with Crippen LogP contribution in [0.15, 0.2) is 12.1 Å². The molecule has 0 N–H and O–H groups in total. The number of aryl methyl sites for hydroxylation is 1. The summed E-state index contributed by atoms with van der Waals surface area (Å²) in [5.74, 6) is -0.984. The molecule has 1 aromatic rings. The Bertz CT molecular complexity index is 406. The molecular formula is C12H13ClF2O2. The Morgan fingerprint density at radius 3 is 2.71 bits per heavy atom. The smallest absolute Gasteiger partial charge is 0.128 e. The molecule has 0 aromatic heterocycles. The molecular weight excluding hydrogens is 250 g/mol. The molecule has 1 aliphatic rings. The van der Waals surface area contributed by atoms with Crippen molar-refractivity contribution in [3.8, 4) is 0 Å². The maximum Gasteiger partial charge on any atom is 0.128 e. The van der Waals surface area contributed by atoms with Gasteiger partial charge in [-0.15, -0.1) is 11.6 Å². The Kier molecular flexibility index (Phi) is 3.97. The molecule has 1 fully saturated rings. The minimum absolute atomic E-state index is 0.116. The average molecular weight is 263 g/mol. The SMILES string of the molecule is Cc1cc(F)c(C(Cl)C2COCCO2)cc1F. The van der Waals surface area contributed by atoms with E-state index in [4.69, 9.17) is 21.1 Å². The van der Waals surface area contributed by atoms with Crippen LogP contribution in [0.25, 0.3) is 0 Å². The van der Waals surface area contributed by atoms with Crippen molar-refractivity contribution >= 4 is 11.6 Å². The van der Waals surface area contributed by atoms with Gasteiger partial charge in [0, 0.05) is 5.56 Å². The summed E-state index contributed by atoms with van der Waals surface area (Å²) in [6, 6.07) is 2.27. The molecule has 0 radical (unpaired) electrons. The number of ether oxygens (including phenoxy) is 2. The van der Waals surface area contributed by atoms with Crippen molar-refractivity contribution in [2.24, 2.45) is 0 Å². The van der Waals surface area contributed by atoms with Crippen molar-refractivity contribution in [3.63, 3.8) is 0 Å². The number of halogens is 3. The zero-order valence-corrected chi connectivity index (χ0v) is 10.1. The first-order valence-corrected chi connectivity index (χ1v) is 5.82. The Hall–Kier alpha value is -0.710. The third-order valence-corrected chi connectivity index (χ3v) is 3.26. The Balaban J connectivity index is 2.23. The number of alkyl halides is 1. The highest BCUT2D eigenvalue weighted by molar-refractivity contribution is 6.21. The van der Waals surface area contributed by atoms with E-state index in [1.54, 1.807) is 0 Å². The quantitative estimate of drug-likeness (QED) is 0.763. The summed E-state index contributed by atoms with van der Waals surface area (Å²) in [4.78, 5) is 0. The lowest BCUT2D eigenvalue weighted by Crippen LogP contribution is -2.32. The molecule has 2 rings (SSSR count). The fraction of sp³-hybridized carbons (Fsp3) is 0.500. The first kappa shape index (κ1) is 12.7. The van der Waals surface area contributed by atoms with Crippen LogP contribution >= 0.6 is 11.6 Å². The molecule has 1 aliphatic heterocycles. The predicted molar refractivity (Wildman–Crippen MR) is 60.2 cm³/mol. The van der Waals surface area contributed by atoms with Gasteiger partial charge in [0.1, 0.15) is 17.7 Å². The normalized spacial score (nSPS) is 22.5. The summed E-state index contributed by atoms with van der Waals surface area (Å²) in [5, 5.41) is -0.745. The molecule has 2 unspecified atom stereocenters. The summed E-state index contributed by atoms with van der Waals surface area (Å²) in [6.45, 7) is 2.73. The van der Waals surface area contributed by atoms with Crippen LogP contribution in [-0.4, -0.2) is 25.9 Å². The van der Waals surface area contributed by atoms with Gasteiger partial charge in [-0.3, -0.25) is 0 Å². The van der Waals surface area contributed by atoms with E-state index >= 15 is 0 Å². The van der Waals surface area contributed by atoms with E-state index in [9.17, 15) is 8.78 Å². The van der Waals surface area contributed by atoms with Crippen LogP contribution in [0.4, 0.5) is 8.78 Å². The largest absolute Gasteiger partial charge is 0.376 e. The highest BCUT2D eigenvalue weighted by Crippen LogP contribution is 2.31. The maximum absolute atomic E-state index is 13.7. The average Bonchev–Trinajstić information content (AvgIpc) is 2.34. The van der Waals surface area contributed by atoms with E-state index in [1.165, 1.54) is 6.92 Å². The predicted octanol–water partition coefficient (Wildman–Crippen LogP) is 2.97. The van der Waals surface area contributed by atoms with Gasteiger partial charge in [-0.25, -0.2) is 8.78 Å². The van der Waals surface area contributed by atoms with Crippen LogP contribution in [0, 0.1) is 18.6 Å². The Morgan fingerprint density at radius 1 is 1.29 bits per heavy atom. The van der Waals surface area contributed by atoms with Crippen molar-refractivity contribution in [1.29, 1.82) is 0 Å². The molecule has 0 bridgehead atoms. The highest BCUT2D eigenvalue weighted by atomic mass is 35.5.